The van der Waals surface area contributed by atoms with E-state index in [0.717, 1.165) is 16.8 Å². The molecule has 0 spiro atoms. The highest BCUT2D eigenvalue weighted by Gasteiger charge is 2.48. The minimum Gasteiger partial charge on any atom is -0.508 e. The maximum Gasteiger partial charge on any atom is 0.193 e. The first-order chi connectivity index (χ1) is 14.2. The fourth-order valence-electron chi connectivity index (χ4n) is 4.55. The summed E-state index contributed by atoms with van der Waals surface area (Å²) in [6.45, 7) is 7.46. The maximum absolute atomic E-state index is 13.3. The van der Waals surface area contributed by atoms with E-state index in [2.05, 4.69) is 10.4 Å². The number of hydrogen-bond acceptors (Lipinski definition) is 9. The highest BCUT2D eigenvalue weighted by atomic mass is 16.3. The molecular weight excluding hydrogens is 382 g/mol. The Kier molecular flexibility index (Phi) is 3.80. The number of hydrazine groups is 1. The number of nitrogens with two attached hydrogens (primary N) is 1. The van der Waals surface area contributed by atoms with Crippen molar-refractivity contribution in [1.29, 1.82) is 0 Å². The van der Waals surface area contributed by atoms with E-state index < -0.39 is 12.2 Å². The van der Waals surface area contributed by atoms with Gasteiger partial charge in [-0.1, -0.05) is 6.07 Å². The number of carbonyl (C=O) groups excluding carboxylic acids is 1. The molecule has 2 atom stereocenters. The van der Waals surface area contributed by atoms with Crippen LogP contribution in [-0.2, 0) is 4.79 Å². The summed E-state index contributed by atoms with van der Waals surface area (Å²) < 4.78 is 0. The van der Waals surface area contributed by atoms with E-state index in [1.54, 1.807) is 16.0 Å². The summed E-state index contributed by atoms with van der Waals surface area (Å²) in [4.78, 5) is 29.2. The quantitative estimate of drug-likeness (QED) is 0.557. The first-order valence-corrected chi connectivity index (χ1v) is 9.77. The minimum absolute atomic E-state index is 0.139. The van der Waals surface area contributed by atoms with Gasteiger partial charge in [-0.3, -0.25) is 9.80 Å². The molecule has 0 fully saturated rings. The van der Waals surface area contributed by atoms with Crippen molar-refractivity contribution in [2.45, 2.75) is 39.9 Å². The number of Topliss-reactive ketones (excluding diaryl/α,β-unsaturated/α-hetero) is 1. The van der Waals surface area contributed by atoms with Gasteiger partial charge in [-0.05, 0) is 39.3 Å². The molecule has 4 heterocycles. The number of anilines is 3. The number of aromatic nitrogens is 3. The van der Waals surface area contributed by atoms with Crippen LogP contribution in [0.3, 0.4) is 0 Å². The van der Waals surface area contributed by atoms with Gasteiger partial charge in [-0.25, -0.2) is 20.4 Å². The van der Waals surface area contributed by atoms with Crippen molar-refractivity contribution in [1.82, 2.24) is 20.4 Å². The number of nitrogens with zero attached hydrogens (tertiary/aromatic N) is 5. The summed E-state index contributed by atoms with van der Waals surface area (Å²) in [5.41, 5.74) is 15.4. The maximum atomic E-state index is 13.3. The number of ketones is 1. The average molecular weight is 405 g/mol. The van der Waals surface area contributed by atoms with Gasteiger partial charge < -0.3 is 15.7 Å². The van der Waals surface area contributed by atoms with E-state index in [1.165, 1.54) is 0 Å². The van der Waals surface area contributed by atoms with Gasteiger partial charge in [-0.2, -0.15) is 0 Å². The molecule has 1 aromatic rings. The van der Waals surface area contributed by atoms with Crippen LogP contribution >= 0.6 is 0 Å². The van der Waals surface area contributed by atoms with Gasteiger partial charge in [0.2, 0.25) is 0 Å². The van der Waals surface area contributed by atoms with E-state index in [1.807, 2.05) is 40.8 Å². The molecule has 9 nitrogen and oxygen atoms in total. The molecule has 1 aromatic carbocycles. The summed E-state index contributed by atoms with van der Waals surface area (Å²) in [6.07, 6.45) is -0.962. The summed E-state index contributed by atoms with van der Waals surface area (Å²) in [7, 11) is 1.82. The van der Waals surface area contributed by atoms with Gasteiger partial charge in [0.25, 0.3) is 0 Å². The van der Waals surface area contributed by atoms with Crippen LogP contribution in [0.15, 0.2) is 12.1 Å². The van der Waals surface area contributed by atoms with Crippen LogP contribution < -0.4 is 21.1 Å². The lowest BCUT2D eigenvalue weighted by Gasteiger charge is -2.38. The summed E-state index contributed by atoms with van der Waals surface area (Å²) in [5.74, 6) is 1.23. The smallest absolute Gasteiger partial charge is 0.193 e. The number of nitrogens with one attached hydrogen (secondary N) is 1. The molecule has 4 N–H and O–H groups in total. The summed E-state index contributed by atoms with van der Waals surface area (Å²) >= 11 is 0. The number of aryl methyl sites for hydroxylation is 3. The highest BCUT2D eigenvalue weighted by molar-refractivity contribution is 6.05. The Morgan fingerprint density at radius 1 is 1.07 bits per heavy atom. The molecule has 5 rings (SSSR count). The monoisotopic (exact) mass is 405 g/mol. The Labute approximate surface area is 173 Å². The van der Waals surface area contributed by atoms with Gasteiger partial charge >= 0.3 is 0 Å². The van der Waals surface area contributed by atoms with Gasteiger partial charge in [0, 0.05) is 18.2 Å². The molecule has 2 unspecified atom stereocenters. The number of aromatic hydroxyl groups is 1. The zero-order valence-electron chi connectivity index (χ0n) is 17.5. The first-order valence-electron chi connectivity index (χ1n) is 9.77. The predicted molar refractivity (Wildman–Crippen MR) is 113 cm³/mol. The summed E-state index contributed by atoms with van der Waals surface area (Å²) in [6, 6.07) is 2.84. The Morgan fingerprint density at radius 3 is 2.50 bits per heavy atom. The third kappa shape index (κ3) is 2.30. The Balaban J connectivity index is 1.95. The van der Waals surface area contributed by atoms with Crippen LogP contribution in [0.2, 0.25) is 0 Å². The van der Waals surface area contributed by atoms with Gasteiger partial charge in [0.1, 0.15) is 41.0 Å². The fourth-order valence-corrected chi connectivity index (χ4v) is 4.55. The molecule has 4 aliphatic heterocycles. The third-order valence-corrected chi connectivity index (χ3v) is 5.98. The lowest BCUT2D eigenvalue weighted by Crippen LogP contribution is -2.53. The first kappa shape index (κ1) is 18.7. The molecule has 0 saturated carbocycles. The zero-order chi connectivity index (χ0) is 21.5. The van der Waals surface area contributed by atoms with Gasteiger partial charge in [0.15, 0.2) is 5.78 Å². The van der Waals surface area contributed by atoms with Crippen LogP contribution in [0.4, 0.5) is 17.2 Å². The molecule has 0 amide bonds. The van der Waals surface area contributed by atoms with Crippen molar-refractivity contribution in [2.75, 3.05) is 17.0 Å². The van der Waals surface area contributed by atoms with Gasteiger partial charge in [0.05, 0.1) is 17.1 Å². The standard InChI is InChI=1S/C21H23N7O2/c1-8-6-7-12(29)9(2)17(8)28-18-13-15(19(30)20(28)22)26-27(5)21(13)23-10(3)14-16(18)25-11(4)24-14/h6-7,15,20,26,29H,22H2,1-5H3. The molecular formula is C21H23N7O2. The molecule has 0 bridgehead atoms. The Hall–Kier alpha value is -3.30. The number of carbonyl (C=O) groups is 1. The van der Waals surface area contributed by atoms with Crippen LogP contribution in [-0.4, -0.2) is 39.1 Å². The normalized spacial score (nSPS) is 20.3. The largest absolute Gasteiger partial charge is 0.508 e. The van der Waals surface area contributed by atoms with E-state index in [-0.39, 0.29) is 11.5 Å². The molecule has 0 aliphatic carbocycles. The van der Waals surface area contributed by atoms with Crippen LogP contribution in [0.5, 0.6) is 5.75 Å². The van der Waals surface area contributed by atoms with Gasteiger partial charge in [-0.15, -0.1) is 0 Å². The molecule has 0 aromatic heterocycles. The van der Waals surface area contributed by atoms with Crippen molar-refractivity contribution in [3.05, 3.63) is 40.3 Å². The van der Waals surface area contributed by atoms with Crippen molar-refractivity contribution in [2.24, 2.45) is 5.73 Å². The highest BCUT2D eigenvalue weighted by Crippen LogP contribution is 2.51. The van der Waals surface area contributed by atoms with Crippen LogP contribution in [0, 0.1) is 27.7 Å². The number of hydrogen-bond donors (Lipinski definition) is 3. The Morgan fingerprint density at radius 2 is 1.77 bits per heavy atom. The SMILES string of the molecule is Cc1nc2c(C)nc3c4c(c-2n1)N(c1c(C)ccc(O)c1C)C(N)C(=O)C4NN3C. The predicted octanol–water partition coefficient (Wildman–Crippen LogP) is 1.92. The van der Waals surface area contributed by atoms with E-state index in [4.69, 9.17) is 15.7 Å². The van der Waals surface area contributed by atoms with Crippen molar-refractivity contribution in [3.63, 3.8) is 0 Å². The molecule has 30 heavy (non-hydrogen) atoms. The lowest BCUT2D eigenvalue weighted by atomic mass is 9.92. The third-order valence-electron chi connectivity index (χ3n) is 5.98. The molecule has 0 saturated heterocycles. The number of benzene rings is 1. The average Bonchev–Trinajstić information content (AvgIpc) is 3.20. The number of phenolic OH excluding ortho intramolecular Hbond substituents is 1. The lowest BCUT2D eigenvalue weighted by molar-refractivity contribution is -0.122. The van der Waals surface area contributed by atoms with Crippen molar-refractivity contribution < 1.29 is 9.90 Å². The minimum atomic E-state index is -0.962. The van der Waals surface area contributed by atoms with E-state index in [0.29, 0.717) is 40.0 Å². The molecule has 0 radical (unpaired) electrons. The second-order valence-electron chi connectivity index (χ2n) is 7.96. The summed E-state index contributed by atoms with van der Waals surface area (Å²) in [5, 5.41) is 12.2. The van der Waals surface area contributed by atoms with E-state index in [9.17, 15) is 9.90 Å². The molecule has 9 heteroatoms. The van der Waals surface area contributed by atoms with Crippen molar-refractivity contribution in [3.8, 4) is 17.1 Å². The molecule has 154 valence electrons. The zero-order valence-corrected chi connectivity index (χ0v) is 17.5. The number of phenols is 1. The Bertz CT molecular complexity index is 1210. The topological polar surface area (TPSA) is 120 Å². The molecule has 4 aliphatic rings. The van der Waals surface area contributed by atoms with Crippen LogP contribution in [0.25, 0.3) is 11.4 Å². The second-order valence-corrected chi connectivity index (χ2v) is 7.96. The van der Waals surface area contributed by atoms with Crippen molar-refractivity contribution >= 4 is 23.0 Å². The number of fused-ring (bicyclic) bond motifs is 2. The number of imidazole rings is 1. The van der Waals surface area contributed by atoms with E-state index >= 15 is 0 Å². The number of rotatable bonds is 1. The fraction of sp³-hybridized carbons (Fsp3) is 0.333. The van der Waals surface area contributed by atoms with Crippen LogP contribution in [0.1, 0.15) is 34.3 Å². The second kappa shape index (κ2) is 6.10.